The smallest absolute Gasteiger partial charge is 0.184 e. The highest BCUT2D eigenvalue weighted by Crippen LogP contribution is 2.12. The molecule has 0 heterocycles. The molecule has 1 rings (SSSR count). The molecule has 1 atom stereocenters. The number of hydrogen-bond acceptors (Lipinski definition) is 2. The Morgan fingerprint density at radius 3 is 2.75 bits per heavy atom. The summed E-state index contributed by atoms with van der Waals surface area (Å²) in [5.41, 5.74) is 2.75. The molecule has 0 aliphatic carbocycles. The molecule has 0 aliphatic rings. The minimum atomic E-state index is -0.325. The van der Waals surface area contributed by atoms with E-state index in [0.717, 1.165) is 5.70 Å². The number of ketones is 1. The van der Waals surface area contributed by atoms with Gasteiger partial charge in [-0.3, -0.25) is 4.79 Å². The number of allylic oxidation sites excluding steroid dienone is 1. The Balaban J connectivity index is 2.78. The standard InChI is InChI=1S/C12H13Cl2NO/c1-8(7-13)15-9(2)12(16)10-4-3-5-11(14)6-10/h3-7,9,15H,1-2H3/b8-7+. The van der Waals surface area contributed by atoms with Crippen molar-refractivity contribution in [3.8, 4) is 0 Å². The molecule has 0 aromatic heterocycles. The largest absolute Gasteiger partial charge is 0.378 e. The molecule has 0 aliphatic heterocycles. The lowest BCUT2D eigenvalue weighted by Gasteiger charge is -2.14. The minimum Gasteiger partial charge on any atom is -0.378 e. The summed E-state index contributed by atoms with van der Waals surface area (Å²) in [5, 5.41) is 3.54. The summed E-state index contributed by atoms with van der Waals surface area (Å²) in [7, 11) is 0. The van der Waals surface area contributed by atoms with Gasteiger partial charge in [-0.15, -0.1) is 0 Å². The van der Waals surface area contributed by atoms with Crippen molar-refractivity contribution >= 4 is 29.0 Å². The van der Waals surface area contributed by atoms with E-state index in [9.17, 15) is 4.79 Å². The summed E-state index contributed by atoms with van der Waals surface area (Å²) < 4.78 is 0. The molecule has 0 saturated heterocycles. The van der Waals surface area contributed by atoms with Crippen LogP contribution >= 0.6 is 23.2 Å². The molecule has 16 heavy (non-hydrogen) atoms. The zero-order valence-corrected chi connectivity index (χ0v) is 10.6. The molecular weight excluding hydrogens is 245 g/mol. The number of rotatable bonds is 4. The fraction of sp³-hybridized carbons (Fsp3) is 0.250. The van der Waals surface area contributed by atoms with Crippen LogP contribution in [0.1, 0.15) is 24.2 Å². The number of halogens is 2. The molecular formula is C12H13Cl2NO. The van der Waals surface area contributed by atoms with Crippen LogP contribution < -0.4 is 5.32 Å². The third-order valence-electron chi connectivity index (χ3n) is 2.11. The van der Waals surface area contributed by atoms with E-state index in [4.69, 9.17) is 23.2 Å². The predicted molar refractivity (Wildman–Crippen MR) is 68.0 cm³/mol. The van der Waals surface area contributed by atoms with Crippen LogP contribution in [0.4, 0.5) is 0 Å². The second-order valence-electron chi connectivity index (χ2n) is 3.53. The zero-order valence-electron chi connectivity index (χ0n) is 9.13. The van der Waals surface area contributed by atoms with E-state index in [0.29, 0.717) is 10.6 Å². The second-order valence-corrected chi connectivity index (χ2v) is 4.19. The quantitative estimate of drug-likeness (QED) is 0.836. The van der Waals surface area contributed by atoms with Gasteiger partial charge in [0.05, 0.1) is 6.04 Å². The van der Waals surface area contributed by atoms with Crippen molar-refractivity contribution in [1.82, 2.24) is 5.32 Å². The van der Waals surface area contributed by atoms with Gasteiger partial charge in [0.1, 0.15) is 0 Å². The molecule has 1 unspecified atom stereocenters. The van der Waals surface area contributed by atoms with Crippen molar-refractivity contribution in [1.29, 1.82) is 0 Å². The van der Waals surface area contributed by atoms with Crippen LogP contribution in [-0.4, -0.2) is 11.8 Å². The molecule has 1 aromatic carbocycles. The predicted octanol–water partition coefficient (Wildman–Crippen LogP) is 3.60. The van der Waals surface area contributed by atoms with Crippen LogP contribution in [0.25, 0.3) is 0 Å². The van der Waals surface area contributed by atoms with Crippen LogP contribution in [0, 0.1) is 0 Å². The van der Waals surface area contributed by atoms with E-state index in [2.05, 4.69) is 5.32 Å². The Kier molecular flexibility index (Phi) is 4.84. The lowest BCUT2D eigenvalue weighted by molar-refractivity contribution is 0.0956. The highest BCUT2D eigenvalue weighted by atomic mass is 35.5. The van der Waals surface area contributed by atoms with E-state index in [1.54, 1.807) is 38.1 Å². The first-order chi connectivity index (χ1) is 7.54. The monoisotopic (exact) mass is 257 g/mol. The van der Waals surface area contributed by atoms with Gasteiger partial charge in [-0.05, 0) is 26.0 Å². The molecule has 0 saturated carbocycles. The zero-order chi connectivity index (χ0) is 12.1. The fourth-order valence-electron chi connectivity index (χ4n) is 1.33. The molecule has 0 amide bonds. The van der Waals surface area contributed by atoms with Gasteiger partial charge in [-0.2, -0.15) is 0 Å². The molecule has 1 aromatic rings. The summed E-state index contributed by atoms with van der Waals surface area (Å²) >= 11 is 11.3. The first-order valence-corrected chi connectivity index (χ1v) is 5.69. The normalized spacial score (nSPS) is 13.4. The molecule has 0 fully saturated rings. The van der Waals surface area contributed by atoms with E-state index < -0.39 is 0 Å². The number of carbonyl (C=O) groups excluding carboxylic acids is 1. The summed E-state index contributed by atoms with van der Waals surface area (Å²) in [4.78, 5) is 12.0. The third kappa shape index (κ3) is 3.54. The molecule has 1 N–H and O–H groups in total. The van der Waals surface area contributed by atoms with E-state index in [1.807, 2.05) is 0 Å². The van der Waals surface area contributed by atoms with Crippen molar-refractivity contribution in [2.45, 2.75) is 19.9 Å². The van der Waals surface area contributed by atoms with Gasteiger partial charge in [0.25, 0.3) is 0 Å². The van der Waals surface area contributed by atoms with Gasteiger partial charge < -0.3 is 5.32 Å². The van der Waals surface area contributed by atoms with Crippen molar-refractivity contribution < 1.29 is 4.79 Å². The minimum absolute atomic E-state index is 0.0135. The lowest BCUT2D eigenvalue weighted by atomic mass is 10.1. The van der Waals surface area contributed by atoms with E-state index >= 15 is 0 Å². The Morgan fingerprint density at radius 1 is 1.50 bits per heavy atom. The highest BCUT2D eigenvalue weighted by molar-refractivity contribution is 6.31. The Bertz CT molecular complexity index is 415. The van der Waals surface area contributed by atoms with Gasteiger partial charge in [-0.25, -0.2) is 0 Å². The maximum Gasteiger partial charge on any atom is 0.184 e. The van der Waals surface area contributed by atoms with Crippen LogP contribution in [0.15, 0.2) is 35.5 Å². The third-order valence-corrected chi connectivity index (χ3v) is 2.67. The van der Waals surface area contributed by atoms with Crippen molar-refractivity contribution in [2.24, 2.45) is 0 Å². The number of Topliss-reactive ketones (excluding diaryl/α,β-unsaturated/α-hetero) is 1. The van der Waals surface area contributed by atoms with Crippen molar-refractivity contribution in [3.63, 3.8) is 0 Å². The van der Waals surface area contributed by atoms with Crippen LogP contribution in [0.5, 0.6) is 0 Å². The van der Waals surface area contributed by atoms with Gasteiger partial charge in [0.15, 0.2) is 5.78 Å². The first kappa shape index (κ1) is 13.1. The number of carbonyl (C=O) groups is 1. The number of benzene rings is 1. The molecule has 0 bridgehead atoms. The Labute approximate surface area is 105 Å². The van der Waals surface area contributed by atoms with Crippen LogP contribution in [0.3, 0.4) is 0 Å². The fourth-order valence-corrected chi connectivity index (χ4v) is 1.58. The Morgan fingerprint density at radius 2 is 2.19 bits per heavy atom. The molecule has 86 valence electrons. The van der Waals surface area contributed by atoms with Gasteiger partial charge in [-0.1, -0.05) is 35.3 Å². The van der Waals surface area contributed by atoms with Gasteiger partial charge in [0.2, 0.25) is 0 Å². The summed E-state index contributed by atoms with van der Waals surface area (Å²) in [6, 6.07) is 6.56. The SMILES string of the molecule is C/C(=C\Cl)NC(C)C(=O)c1cccc(Cl)c1. The van der Waals surface area contributed by atoms with Crippen LogP contribution in [0.2, 0.25) is 5.02 Å². The summed E-state index contributed by atoms with van der Waals surface area (Å²) in [6.45, 7) is 3.59. The average molecular weight is 258 g/mol. The number of nitrogens with one attached hydrogen (secondary N) is 1. The molecule has 2 nitrogen and oxygen atoms in total. The van der Waals surface area contributed by atoms with E-state index in [-0.39, 0.29) is 11.8 Å². The number of hydrogen-bond donors (Lipinski definition) is 1. The summed E-state index contributed by atoms with van der Waals surface area (Å²) in [6.07, 6.45) is 0. The van der Waals surface area contributed by atoms with Gasteiger partial charge in [0, 0.05) is 21.8 Å². The lowest BCUT2D eigenvalue weighted by Crippen LogP contribution is -2.32. The molecule has 0 radical (unpaired) electrons. The van der Waals surface area contributed by atoms with E-state index in [1.165, 1.54) is 5.54 Å². The topological polar surface area (TPSA) is 29.1 Å². The second kappa shape index (κ2) is 5.92. The van der Waals surface area contributed by atoms with Crippen LogP contribution in [-0.2, 0) is 0 Å². The molecule has 0 spiro atoms. The van der Waals surface area contributed by atoms with Crippen molar-refractivity contribution in [3.05, 3.63) is 46.1 Å². The maximum atomic E-state index is 12.0. The maximum absolute atomic E-state index is 12.0. The van der Waals surface area contributed by atoms with Gasteiger partial charge >= 0.3 is 0 Å². The molecule has 4 heteroatoms. The average Bonchev–Trinajstić information content (AvgIpc) is 2.27. The highest BCUT2D eigenvalue weighted by Gasteiger charge is 2.14. The first-order valence-electron chi connectivity index (χ1n) is 4.88. The summed E-state index contributed by atoms with van der Waals surface area (Å²) in [5.74, 6) is -0.0135. The van der Waals surface area contributed by atoms with Crippen molar-refractivity contribution in [2.75, 3.05) is 0 Å². The Hall–Kier alpha value is -0.990.